The van der Waals surface area contributed by atoms with Crippen molar-refractivity contribution in [3.05, 3.63) is 29.3 Å². The highest BCUT2D eigenvalue weighted by molar-refractivity contribution is 5.30. The molecule has 5 rings (SSSR count). The summed E-state index contributed by atoms with van der Waals surface area (Å²) in [5.74, 6) is -0.103. The molecule has 0 saturated heterocycles. The van der Waals surface area contributed by atoms with Crippen molar-refractivity contribution in [2.24, 2.45) is 17.8 Å². The molecule has 4 heteroatoms. The van der Waals surface area contributed by atoms with Crippen LogP contribution >= 0.6 is 0 Å². The van der Waals surface area contributed by atoms with Crippen molar-refractivity contribution < 1.29 is 13.9 Å². The van der Waals surface area contributed by atoms with E-state index in [1.165, 1.54) is 50.7 Å². The molecule has 2 nitrogen and oxygen atoms in total. The van der Waals surface area contributed by atoms with E-state index >= 15 is 0 Å². The first-order valence-corrected chi connectivity index (χ1v) is 7.95. The molecule has 4 aliphatic carbocycles. The number of nitrogens with one attached hydrogen (secondary N) is 1. The average molecular weight is 293 g/mol. The number of phenols is 1. The van der Waals surface area contributed by atoms with Crippen LogP contribution in [0.4, 0.5) is 8.78 Å². The Bertz CT molecular complexity index is 514. The number of hydrogen-bond donors (Lipinski definition) is 2. The Morgan fingerprint density at radius 3 is 1.95 bits per heavy atom. The summed E-state index contributed by atoms with van der Waals surface area (Å²) < 4.78 is 26.8. The van der Waals surface area contributed by atoms with Crippen LogP contribution in [-0.2, 0) is 6.54 Å². The number of benzene rings is 1. The lowest BCUT2D eigenvalue weighted by Crippen LogP contribution is -2.58. The summed E-state index contributed by atoms with van der Waals surface area (Å²) in [6.07, 6.45) is 7.77. The fourth-order valence-corrected chi connectivity index (χ4v) is 5.34. The van der Waals surface area contributed by atoms with Crippen molar-refractivity contribution in [3.8, 4) is 5.75 Å². The van der Waals surface area contributed by atoms with Crippen molar-refractivity contribution in [3.63, 3.8) is 0 Å². The second-order valence-corrected chi connectivity index (χ2v) is 7.46. The Labute approximate surface area is 123 Å². The Hall–Kier alpha value is -1.16. The van der Waals surface area contributed by atoms with Gasteiger partial charge in [0, 0.05) is 12.1 Å². The number of aromatic hydroxyl groups is 1. The minimum absolute atomic E-state index is 0.180. The quantitative estimate of drug-likeness (QED) is 0.890. The van der Waals surface area contributed by atoms with Crippen LogP contribution in [0.5, 0.6) is 5.75 Å². The maximum atomic E-state index is 13.4. The van der Waals surface area contributed by atoms with Crippen LogP contribution in [-0.4, -0.2) is 10.6 Å². The number of phenolic OH excluding ortho intramolecular Hbond substituents is 1. The van der Waals surface area contributed by atoms with Gasteiger partial charge in [-0.3, -0.25) is 0 Å². The summed E-state index contributed by atoms with van der Waals surface area (Å²) in [6, 6.07) is 2.46. The molecule has 0 heterocycles. The van der Waals surface area contributed by atoms with E-state index in [9.17, 15) is 8.78 Å². The predicted octanol–water partition coefficient (Wildman–Crippen LogP) is 3.73. The fourth-order valence-electron chi connectivity index (χ4n) is 5.34. The highest BCUT2D eigenvalue weighted by atomic mass is 19.1. The van der Waals surface area contributed by atoms with E-state index in [-0.39, 0.29) is 5.54 Å². The fraction of sp³-hybridized carbons (Fsp3) is 0.647. The second kappa shape index (κ2) is 4.67. The van der Waals surface area contributed by atoms with E-state index < -0.39 is 17.4 Å². The third-order valence-corrected chi connectivity index (χ3v) is 5.78. The van der Waals surface area contributed by atoms with Gasteiger partial charge in [-0.25, -0.2) is 8.78 Å². The van der Waals surface area contributed by atoms with Crippen molar-refractivity contribution in [2.45, 2.75) is 50.6 Å². The molecular formula is C17H21F2NO. The van der Waals surface area contributed by atoms with Gasteiger partial charge in [0.15, 0.2) is 17.4 Å². The van der Waals surface area contributed by atoms with Crippen molar-refractivity contribution in [2.75, 3.05) is 0 Å². The summed E-state index contributed by atoms with van der Waals surface area (Å²) in [6.45, 7) is 0.473. The molecule has 0 unspecified atom stereocenters. The largest absolute Gasteiger partial charge is 0.503 e. The Balaban J connectivity index is 1.50. The molecule has 2 N–H and O–H groups in total. The zero-order valence-corrected chi connectivity index (χ0v) is 12.0. The van der Waals surface area contributed by atoms with E-state index in [4.69, 9.17) is 5.11 Å². The molecule has 0 aromatic heterocycles. The number of halogens is 2. The van der Waals surface area contributed by atoms with Crippen LogP contribution in [0.3, 0.4) is 0 Å². The standard InChI is InChI=1S/C17H21F2NO/c18-14-4-13(5-15(19)16(14)21)9-20-17-6-10-1-11(7-17)3-12(2-10)8-17/h4-5,10-12,20-21H,1-3,6-9H2. The van der Waals surface area contributed by atoms with Gasteiger partial charge in [0.25, 0.3) is 0 Å². The van der Waals surface area contributed by atoms with Gasteiger partial charge >= 0.3 is 0 Å². The van der Waals surface area contributed by atoms with Gasteiger partial charge in [0.05, 0.1) is 0 Å². The zero-order valence-electron chi connectivity index (χ0n) is 12.0. The molecule has 21 heavy (non-hydrogen) atoms. The maximum Gasteiger partial charge on any atom is 0.187 e. The Morgan fingerprint density at radius 2 is 1.48 bits per heavy atom. The van der Waals surface area contributed by atoms with Crippen LogP contribution in [0.1, 0.15) is 44.1 Å². The van der Waals surface area contributed by atoms with E-state index in [1.54, 1.807) is 0 Å². The molecule has 0 aliphatic heterocycles. The van der Waals surface area contributed by atoms with Crippen molar-refractivity contribution in [1.29, 1.82) is 0 Å². The molecule has 1 aromatic carbocycles. The van der Waals surface area contributed by atoms with Gasteiger partial charge in [-0.1, -0.05) is 0 Å². The van der Waals surface area contributed by atoms with Crippen molar-refractivity contribution >= 4 is 0 Å². The van der Waals surface area contributed by atoms with Gasteiger partial charge in [-0.2, -0.15) is 0 Å². The first kappa shape index (κ1) is 13.5. The first-order chi connectivity index (χ1) is 10.0. The van der Waals surface area contributed by atoms with E-state index in [0.29, 0.717) is 12.1 Å². The molecule has 0 spiro atoms. The van der Waals surface area contributed by atoms with E-state index in [1.807, 2.05) is 0 Å². The normalized spacial score (nSPS) is 37.1. The second-order valence-electron chi connectivity index (χ2n) is 7.46. The van der Waals surface area contributed by atoms with Crippen LogP contribution in [0.2, 0.25) is 0 Å². The molecule has 0 amide bonds. The highest BCUT2D eigenvalue weighted by Gasteiger charge is 2.50. The van der Waals surface area contributed by atoms with Gasteiger partial charge in [-0.05, 0) is 74.0 Å². The molecule has 4 saturated carbocycles. The molecule has 1 aromatic rings. The monoisotopic (exact) mass is 293 g/mol. The SMILES string of the molecule is Oc1c(F)cc(CNC23CC4CC(CC(C4)C2)C3)cc1F. The summed E-state index contributed by atoms with van der Waals surface area (Å²) in [5, 5.41) is 12.8. The molecule has 4 aliphatic rings. The van der Waals surface area contributed by atoms with Crippen LogP contribution in [0.15, 0.2) is 12.1 Å². The Kier molecular flexibility index (Phi) is 3.00. The summed E-state index contributed by atoms with van der Waals surface area (Å²) in [5.41, 5.74) is 0.748. The smallest absolute Gasteiger partial charge is 0.187 e. The topological polar surface area (TPSA) is 32.3 Å². The number of hydrogen-bond acceptors (Lipinski definition) is 2. The third kappa shape index (κ3) is 2.33. The lowest BCUT2D eigenvalue weighted by Gasteiger charge is -2.57. The van der Waals surface area contributed by atoms with Crippen LogP contribution in [0.25, 0.3) is 0 Å². The van der Waals surface area contributed by atoms with Gasteiger partial charge in [-0.15, -0.1) is 0 Å². The lowest BCUT2D eigenvalue weighted by molar-refractivity contribution is -0.0206. The molecule has 4 fully saturated rings. The Morgan fingerprint density at radius 1 is 1.00 bits per heavy atom. The minimum atomic E-state index is -0.881. The van der Waals surface area contributed by atoms with E-state index in [2.05, 4.69) is 5.32 Å². The highest BCUT2D eigenvalue weighted by Crippen LogP contribution is 2.55. The molecule has 4 bridgehead atoms. The van der Waals surface area contributed by atoms with Gasteiger partial charge in [0.1, 0.15) is 0 Å². The molecule has 0 radical (unpaired) electrons. The van der Waals surface area contributed by atoms with Gasteiger partial charge in [0.2, 0.25) is 0 Å². The minimum Gasteiger partial charge on any atom is -0.503 e. The van der Waals surface area contributed by atoms with Crippen LogP contribution in [0, 0.1) is 29.4 Å². The summed E-state index contributed by atoms with van der Waals surface area (Å²) in [4.78, 5) is 0. The third-order valence-electron chi connectivity index (χ3n) is 5.78. The van der Waals surface area contributed by atoms with Gasteiger partial charge < -0.3 is 10.4 Å². The molecular weight excluding hydrogens is 272 g/mol. The number of rotatable bonds is 3. The predicted molar refractivity (Wildman–Crippen MR) is 75.8 cm³/mol. The zero-order chi connectivity index (χ0) is 14.6. The van der Waals surface area contributed by atoms with E-state index in [0.717, 1.165) is 17.8 Å². The summed E-state index contributed by atoms with van der Waals surface area (Å²) in [7, 11) is 0. The molecule has 0 atom stereocenters. The molecule has 114 valence electrons. The maximum absolute atomic E-state index is 13.4. The first-order valence-electron chi connectivity index (χ1n) is 7.95. The summed E-state index contributed by atoms with van der Waals surface area (Å²) >= 11 is 0. The van der Waals surface area contributed by atoms with Crippen LogP contribution < -0.4 is 5.32 Å². The lowest BCUT2D eigenvalue weighted by atomic mass is 9.53. The van der Waals surface area contributed by atoms with Crippen molar-refractivity contribution in [1.82, 2.24) is 5.32 Å². The average Bonchev–Trinajstić information content (AvgIpc) is 2.41.